The Kier molecular flexibility index (Phi) is 1.07. The second kappa shape index (κ2) is 1.73. The predicted octanol–water partition coefficient (Wildman–Crippen LogP) is -0.786. The number of rotatable bonds is 0. The first-order valence-electron chi connectivity index (χ1n) is 2.33. The van der Waals surface area contributed by atoms with Crippen LogP contribution in [0.3, 0.4) is 0 Å². The second-order valence-electron chi connectivity index (χ2n) is 1.53. The summed E-state index contributed by atoms with van der Waals surface area (Å²) in [6.45, 7) is 0.690. The third-order valence-electron chi connectivity index (χ3n) is 0.927. The van der Waals surface area contributed by atoms with Crippen LogP contribution in [0, 0.1) is 5.41 Å². The molecule has 4 N–H and O–H groups in total. The van der Waals surface area contributed by atoms with Gasteiger partial charge in [-0.2, -0.15) is 0 Å². The van der Waals surface area contributed by atoms with Gasteiger partial charge in [-0.25, -0.2) is 0 Å². The van der Waals surface area contributed by atoms with Crippen molar-refractivity contribution >= 4 is 5.96 Å². The summed E-state index contributed by atoms with van der Waals surface area (Å²) in [5.41, 5.74) is 7.86. The van der Waals surface area contributed by atoms with Crippen molar-refractivity contribution in [1.82, 2.24) is 10.4 Å². The SMILES string of the molecule is N=C(N)N1CC=CN1. The van der Waals surface area contributed by atoms with Gasteiger partial charge in [0.25, 0.3) is 0 Å². The van der Waals surface area contributed by atoms with E-state index in [4.69, 9.17) is 11.1 Å². The molecule has 1 aliphatic heterocycles. The maximum atomic E-state index is 6.89. The summed E-state index contributed by atoms with van der Waals surface area (Å²) < 4.78 is 0. The Labute approximate surface area is 47.4 Å². The van der Waals surface area contributed by atoms with E-state index >= 15 is 0 Å². The molecule has 8 heavy (non-hydrogen) atoms. The molecule has 0 fully saturated rings. The zero-order valence-corrected chi connectivity index (χ0v) is 4.39. The lowest BCUT2D eigenvalue weighted by Gasteiger charge is -2.14. The molecule has 0 unspecified atom stereocenters. The van der Waals surface area contributed by atoms with E-state index in [2.05, 4.69) is 5.43 Å². The normalized spacial score (nSPS) is 16.2. The van der Waals surface area contributed by atoms with Gasteiger partial charge in [0.2, 0.25) is 5.96 Å². The van der Waals surface area contributed by atoms with Gasteiger partial charge in [0, 0.05) is 6.20 Å². The summed E-state index contributed by atoms with van der Waals surface area (Å²) in [6, 6.07) is 0. The van der Waals surface area contributed by atoms with E-state index in [0.717, 1.165) is 0 Å². The van der Waals surface area contributed by atoms with E-state index in [1.807, 2.05) is 6.08 Å². The molecular weight excluding hydrogens is 104 g/mol. The fourth-order valence-electron chi connectivity index (χ4n) is 0.521. The van der Waals surface area contributed by atoms with Gasteiger partial charge in [-0.1, -0.05) is 0 Å². The van der Waals surface area contributed by atoms with Gasteiger partial charge in [-0.05, 0) is 6.08 Å². The number of nitrogens with one attached hydrogen (secondary N) is 2. The maximum absolute atomic E-state index is 6.89. The number of guanidine groups is 1. The Bertz CT molecular complexity index is 120. The second-order valence-corrected chi connectivity index (χ2v) is 1.53. The minimum Gasteiger partial charge on any atom is -0.369 e. The molecule has 4 nitrogen and oxygen atoms in total. The van der Waals surface area contributed by atoms with Crippen LogP contribution < -0.4 is 11.2 Å². The van der Waals surface area contributed by atoms with E-state index in [1.54, 1.807) is 6.20 Å². The van der Waals surface area contributed by atoms with Crippen molar-refractivity contribution in [2.24, 2.45) is 5.73 Å². The molecule has 0 aliphatic carbocycles. The van der Waals surface area contributed by atoms with Crippen LogP contribution in [0.4, 0.5) is 0 Å². The van der Waals surface area contributed by atoms with Gasteiger partial charge < -0.3 is 11.2 Å². The molecule has 1 rings (SSSR count). The summed E-state index contributed by atoms with van der Waals surface area (Å²) in [7, 11) is 0. The van der Waals surface area contributed by atoms with Crippen LogP contribution in [0.5, 0.6) is 0 Å². The highest BCUT2D eigenvalue weighted by Gasteiger charge is 2.03. The first-order valence-corrected chi connectivity index (χ1v) is 2.33. The van der Waals surface area contributed by atoms with Crippen molar-refractivity contribution in [2.75, 3.05) is 6.54 Å². The van der Waals surface area contributed by atoms with Crippen molar-refractivity contribution < 1.29 is 0 Å². The van der Waals surface area contributed by atoms with Crippen molar-refractivity contribution in [2.45, 2.75) is 0 Å². The molecule has 0 aromatic carbocycles. The van der Waals surface area contributed by atoms with Crippen LogP contribution in [-0.4, -0.2) is 17.5 Å². The molecule has 1 heterocycles. The minimum absolute atomic E-state index is 0.0509. The fourth-order valence-corrected chi connectivity index (χ4v) is 0.521. The molecule has 4 heteroatoms. The average Bonchev–Trinajstić information content (AvgIpc) is 2.12. The number of nitrogens with zero attached hydrogens (tertiary/aromatic N) is 1. The van der Waals surface area contributed by atoms with E-state index in [0.29, 0.717) is 6.54 Å². The Morgan fingerprint density at radius 2 is 2.62 bits per heavy atom. The van der Waals surface area contributed by atoms with Crippen LogP contribution in [0.2, 0.25) is 0 Å². The smallest absolute Gasteiger partial charge is 0.207 e. The van der Waals surface area contributed by atoms with Gasteiger partial charge in [0.1, 0.15) is 0 Å². The molecule has 0 bridgehead atoms. The Balaban J connectivity index is 2.41. The van der Waals surface area contributed by atoms with Gasteiger partial charge >= 0.3 is 0 Å². The summed E-state index contributed by atoms with van der Waals surface area (Å²) in [4.78, 5) is 0. The van der Waals surface area contributed by atoms with Crippen LogP contribution in [0.1, 0.15) is 0 Å². The number of hydrazine groups is 1. The van der Waals surface area contributed by atoms with Crippen LogP contribution in [0.15, 0.2) is 12.3 Å². The predicted molar refractivity (Wildman–Crippen MR) is 30.9 cm³/mol. The van der Waals surface area contributed by atoms with Crippen molar-refractivity contribution in [3.63, 3.8) is 0 Å². The van der Waals surface area contributed by atoms with Crippen LogP contribution in [0.25, 0.3) is 0 Å². The Morgan fingerprint density at radius 3 is 2.88 bits per heavy atom. The minimum atomic E-state index is 0.0509. The molecule has 0 atom stereocenters. The van der Waals surface area contributed by atoms with Crippen molar-refractivity contribution in [1.29, 1.82) is 5.41 Å². The van der Waals surface area contributed by atoms with Gasteiger partial charge in [-0.15, -0.1) is 0 Å². The molecule has 1 aliphatic rings. The maximum Gasteiger partial charge on any atom is 0.207 e. The lowest BCUT2D eigenvalue weighted by molar-refractivity contribution is 0.415. The summed E-state index contributed by atoms with van der Waals surface area (Å²) >= 11 is 0. The largest absolute Gasteiger partial charge is 0.369 e. The first-order chi connectivity index (χ1) is 3.80. The lowest BCUT2D eigenvalue weighted by atomic mass is 10.6. The highest BCUT2D eigenvalue weighted by molar-refractivity contribution is 5.74. The highest BCUT2D eigenvalue weighted by atomic mass is 15.5. The summed E-state index contributed by atoms with van der Waals surface area (Å²) in [6.07, 6.45) is 3.64. The highest BCUT2D eigenvalue weighted by Crippen LogP contribution is 1.88. The number of nitrogens with two attached hydrogens (primary N) is 1. The van der Waals surface area contributed by atoms with E-state index in [9.17, 15) is 0 Å². The molecule has 0 saturated heterocycles. The molecule has 0 amide bonds. The molecule has 0 saturated carbocycles. The molecule has 44 valence electrons. The third-order valence-corrected chi connectivity index (χ3v) is 0.927. The zero-order valence-electron chi connectivity index (χ0n) is 4.39. The van der Waals surface area contributed by atoms with Crippen LogP contribution in [-0.2, 0) is 0 Å². The van der Waals surface area contributed by atoms with Gasteiger partial charge in [0.15, 0.2) is 0 Å². The van der Waals surface area contributed by atoms with E-state index in [1.165, 1.54) is 5.01 Å². The number of hydrogen-bond acceptors (Lipinski definition) is 2. The van der Waals surface area contributed by atoms with E-state index in [-0.39, 0.29) is 5.96 Å². The van der Waals surface area contributed by atoms with Crippen molar-refractivity contribution in [3.05, 3.63) is 12.3 Å². The topological polar surface area (TPSA) is 65.1 Å². The Hall–Kier alpha value is -1.19. The van der Waals surface area contributed by atoms with Gasteiger partial charge in [-0.3, -0.25) is 10.4 Å². The summed E-state index contributed by atoms with van der Waals surface area (Å²) in [5, 5.41) is 8.42. The number of hydrogen-bond donors (Lipinski definition) is 3. The summed E-state index contributed by atoms with van der Waals surface area (Å²) in [5.74, 6) is 0.0509. The molecule has 0 radical (unpaired) electrons. The third kappa shape index (κ3) is 0.726. The molecule has 0 aromatic rings. The standard InChI is InChI=1S/C4H8N4/c5-4(6)8-3-1-2-7-8/h1-2,7H,3H2,(H3,5,6). The van der Waals surface area contributed by atoms with E-state index < -0.39 is 0 Å². The van der Waals surface area contributed by atoms with Crippen molar-refractivity contribution in [3.8, 4) is 0 Å². The van der Waals surface area contributed by atoms with Crippen LogP contribution >= 0.6 is 0 Å². The molecule has 0 spiro atoms. The average molecular weight is 112 g/mol. The molecular formula is C4H8N4. The Morgan fingerprint density at radius 1 is 1.88 bits per heavy atom. The quantitative estimate of drug-likeness (QED) is 0.284. The fraction of sp³-hybridized carbons (Fsp3) is 0.250. The monoisotopic (exact) mass is 112 g/mol. The molecule has 0 aromatic heterocycles. The zero-order chi connectivity index (χ0) is 5.98. The first kappa shape index (κ1) is 4.96. The van der Waals surface area contributed by atoms with Gasteiger partial charge in [0.05, 0.1) is 6.54 Å². The lowest BCUT2D eigenvalue weighted by Crippen LogP contribution is -2.40.